The number of amides is 1. The second kappa shape index (κ2) is 11.0. The Morgan fingerprint density at radius 2 is 1.71 bits per heavy atom. The van der Waals surface area contributed by atoms with Gasteiger partial charge in [-0.15, -0.1) is 5.10 Å². The van der Waals surface area contributed by atoms with E-state index in [2.05, 4.69) is 5.32 Å². The Bertz CT molecular complexity index is 1610. The molecule has 0 aliphatic rings. The zero-order valence-electron chi connectivity index (χ0n) is 21.5. The van der Waals surface area contributed by atoms with Gasteiger partial charge in [0.1, 0.15) is 5.75 Å². The lowest BCUT2D eigenvalue weighted by atomic mass is 10.2. The molecule has 1 amide bonds. The van der Waals surface area contributed by atoms with Crippen molar-refractivity contribution in [1.29, 1.82) is 0 Å². The normalized spacial score (nSPS) is 11.9. The molecule has 3 aromatic carbocycles. The minimum Gasteiger partial charge on any atom is -0.497 e. The molecule has 1 atom stereocenters. The van der Waals surface area contributed by atoms with E-state index in [1.54, 1.807) is 31.9 Å². The van der Waals surface area contributed by atoms with E-state index in [4.69, 9.17) is 29.3 Å². The third-order valence-corrected chi connectivity index (χ3v) is 7.33. The highest BCUT2D eigenvalue weighted by Gasteiger charge is 2.24. The van der Waals surface area contributed by atoms with Gasteiger partial charge in [-0.2, -0.15) is 4.52 Å². The Labute approximate surface area is 224 Å². The lowest BCUT2D eigenvalue weighted by molar-refractivity contribution is -0.115. The van der Waals surface area contributed by atoms with Crippen LogP contribution in [-0.2, 0) is 4.79 Å². The maximum absolute atomic E-state index is 13.3. The number of hydrogen-bond acceptors (Lipinski definition) is 8. The Hall–Kier alpha value is -4.31. The van der Waals surface area contributed by atoms with Gasteiger partial charge in [0.2, 0.25) is 5.91 Å². The smallest absolute Gasteiger partial charge is 0.237 e. The highest BCUT2D eigenvalue weighted by atomic mass is 32.2. The van der Waals surface area contributed by atoms with Crippen molar-refractivity contribution in [2.75, 3.05) is 26.6 Å². The summed E-state index contributed by atoms with van der Waals surface area (Å²) in [5.74, 6) is 2.21. The first kappa shape index (κ1) is 25.3. The maximum atomic E-state index is 13.3. The molecule has 0 aliphatic carbocycles. The van der Waals surface area contributed by atoms with E-state index in [0.717, 1.165) is 10.9 Å². The number of nitrogens with zero attached hydrogens (tertiary/aromatic N) is 4. The van der Waals surface area contributed by atoms with Gasteiger partial charge < -0.3 is 19.5 Å². The summed E-state index contributed by atoms with van der Waals surface area (Å²) in [5, 5.41) is 8.65. The van der Waals surface area contributed by atoms with Gasteiger partial charge >= 0.3 is 0 Å². The Morgan fingerprint density at radius 3 is 2.42 bits per heavy atom. The zero-order chi connectivity index (χ0) is 26.6. The molecule has 0 spiro atoms. The molecule has 9 nitrogen and oxygen atoms in total. The summed E-state index contributed by atoms with van der Waals surface area (Å²) in [4.78, 5) is 23.0. The first-order chi connectivity index (χ1) is 18.5. The number of carbonyl (C=O) groups is 1. The van der Waals surface area contributed by atoms with E-state index in [0.29, 0.717) is 51.5 Å². The van der Waals surface area contributed by atoms with Gasteiger partial charge in [-0.3, -0.25) is 4.79 Å². The largest absolute Gasteiger partial charge is 0.497 e. The van der Waals surface area contributed by atoms with Crippen LogP contribution in [0.2, 0.25) is 0 Å². The van der Waals surface area contributed by atoms with Crippen LogP contribution in [-0.4, -0.2) is 52.1 Å². The van der Waals surface area contributed by atoms with Crippen LogP contribution in [0.1, 0.15) is 13.3 Å². The number of nitrogens with one attached hydrogen (secondary N) is 1. The van der Waals surface area contributed by atoms with Crippen molar-refractivity contribution in [2.24, 2.45) is 0 Å². The first-order valence-electron chi connectivity index (χ1n) is 12.0. The molecule has 38 heavy (non-hydrogen) atoms. The molecule has 1 N–H and O–H groups in total. The topological polar surface area (TPSA) is 99.9 Å². The summed E-state index contributed by atoms with van der Waals surface area (Å²) in [7, 11) is 4.76. The lowest BCUT2D eigenvalue weighted by Gasteiger charge is -2.16. The molecule has 0 saturated heterocycles. The van der Waals surface area contributed by atoms with Crippen molar-refractivity contribution < 1.29 is 19.0 Å². The summed E-state index contributed by atoms with van der Waals surface area (Å²) < 4.78 is 18.0. The molecular weight excluding hydrogens is 502 g/mol. The fourth-order valence-corrected chi connectivity index (χ4v) is 5.03. The second-order valence-corrected chi connectivity index (χ2v) is 9.56. The molecular formula is C28H27N5O4S. The number of methoxy groups -OCH3 is 3. The highest BCUT2D eigenvalue weighted by molar-refractivity contribution is 8.00. The molecule has 0 radical (unpaired) electrons. The number of ether oxygens (including phenoxy) is 3. The predicted octanol–water partition coefficient (Wildman–Crippen LogP) is 5.48. The van der Waals surface area contributed by atoms with Crippen LogP contribution in [0.3, 0.4) is 0 Å². The molecule has 0 fully saturated rings. The highest BCUT2D eigenvalue weighted by Crippen LogP contribution is 2.36. The molecule has 10 heteroatoms. The van der Waals surface area contributed by atoms with Crippen molar-refractivity contribution in [3.63, 3.8) is 0 Å². The lowest BCUT2D eigenvalue weighted by Crippen LogP contribution is -2.25. The number of hydrogen-bond donors (Lipinski definition) is 1. The van der Waals surface area contributed by atoms with E-state index in [-0.39, 0.29) is 5.91 Å². The molecule has 194 valence electrons. The van der Waals surface area contributed by atoms with E-state index in [1.807, 2.05) is 67.6 Å². The SMILES string of the molecule is CCC(Sc1nc2cc(OC)c(OC)cc2c2nc(-c3ccccc3)nn12)C(=O)Nc1cccc(OC)c1. The number of carbonyl (C=O) groups excluding carboxylic acids is 1. The van der Waals surface area contributed by atoms with Crippen LogP contribution in [0.5, 0.6) is 17.2 Å². The van der Waals surface area contributed by atoms with Crippen LogP contribution < -0.4 is 19.5 Å². The van der Waals surface area contributed by atoms with E-state index in [9.17, 15) is 4.79 Å². The number of fused-ring (bicyclic) bond motifs is 3. The van der Waals surface area contributed by atoms with E-state index in [1.165, 1.54) is 11.8 Å². The first-order valence-corrected chi connectivity index (χ1v) is 12.9. The van der Waals surface area contributed by atoms with Crippen molar-refractivity contribution in [3.05, 3.63) is 66.7 Å². The summed E-state index contributed by atoms with van der Waals surface area (Å²) in [6, 6.07) is 20.7. The van der Waals surface area contributed by atoms with Gasteiger partial charge in [-0.25, -0.2) is 9.97 Å². The summed E-state index contributed by atoms with van der Waals surface area (Å²) in [5.41, 5.74) is 2.81. The number of aromatic nitrogens is 4. The molecule has 0 bridgehead atoms. The summed E-state index contributed by atoms with van der Waals surface area (Å²) in [6.45, 7) is 1.96. The van der Waals surface area contributed by atoms with Gasteiger partial charge in [0.05, 0.1) is 32.1 Å². The molecule has 2 aromatic heterocycles. The van der Waals surface area contributed by atoms with Crippen molar-refractivity contribution in [1.82, 2.24) is 19.6 Å². The Balaban J connectivity index is 1.59. The van der Waals surface area contributed by atoms with Gasteiger partial charge in [-0.05, 0) is 24.6 Å². The van der Waals surface area contributed by atoms with Crippen molar-refractivity contribution >= 4 is 39.9 Å². The monoisotopic (exact) mass is 529 g/mol. The van der Waals surface area contributed by atoms with Gasteiger partial charge in [0.25, 0.3) is 0 Å². The minimum absolute atomic E-state index is 0.142. The van der Waals surface area contributed by atoms with Crippen molar-refractivity contribution in [3.8, 4) is 28.6 Å². The van der Waals surface area contributed by atoms with Gasteiger partial charge in [0, 0.05) is 28.8 Å². The van der Waals surface area contributed by atoms with Crippen molar-refractivity contribution in [2.45, 2.75) is 23.8 Å². The molecule has 1 unspecified atom stereocenters. The number of thioether (sulfide) groups is 1. The van der Waals surface area contributed by atoms with Crippen LogP contribution in [0.25, 0.3) is 27.9 Å². The standard InChI is InChI=1S/C28H27N5O4S/c1-5-24(27(34)29-18-12-9-13-19(14-18)35-2)38-28-30-21-16-23(37-4)22(36-3)15-20(21)26-31-25(32-33(26)28)17-10-7-6-8-11-17/h6-16,24H,5H2,1-4H3,(H,29,34). The molecule has 0 aliphatic heterocycles. The zero-order valence-corrected chi connectivity index (χ0v) is 22.3. The molecule has 5 rings (SSSR count). The van der Waals surface area contributed by atoms with E-state index >= 15 is 0 Å². The maximum Gasteiger partial charge on any atom is 0.237 e. The fourth-order valence-electron chi connectivity index (χ4n) is 4.07. The average Bonchev–Trinajstić information content (AvgIpc) is 3.41. The molecule has 5 aromatic rings. The molecule has 0 saturated carbocycles. The Kier molecular flexibility index (Phi) is 7.32. The number of anilines is 1. The average molecular weight is 530 g/mol. The minimum atomic E-state index is -0.432. The van der Waals surface area contributed by atoms with Crippen LogP contribution >= 0.6 is 11.8 Å². The molecule has 2 heterocycles. The van der Waals surface area contributed by atoms with Gasteiger partial charge in [0.15, 0.2) is 28.1 Å². The van der Waals surface area contributed by atoms with Crippen LogP contribution in [0.15, 0.2) is 71.9 Å². The van der Waals surface area contributed by atoms with Crippen LogP contribution in [0.4, 0.5) is 5.69 Å². The Morgan fingerprint density at radius 1 is 0.947 bits per heavy atom. The quantitative estimate of drug-likeness (QED) is 0.198. The summed E-state index contributed by atoms with van der Waals surface area (Å²) in [6.07, 6.45) is 0.577. The summed E-state index contributed by atoms with van der Waals surface area (Å²) >= 11 is 1.34. The number of rotatable bonds is 9. The third-order valence-electron chi connectivity index (χ3n) is 6.03. The third kappa shape index (κ3) is 4.95. The fraction of sp³-hybridized carbons (Fsp3) is 0.214. The predicted molar refractivity (Wildman–Crippen MR) is 148 cm³/mol. The van der Waals surface area contributed by atoms with E-state index < -0.39 is 5.25 Å². The van der Waals surface area contributed by atoms with Gasteiger partial charge in [-0.1, -0.05) is 55.1 Å². The number of benzene rings is 3. The second-order valence-electron chi connectivity index (χ2n) is 8.39. The van der Waals surface area contributed by atoms with Crippen LogP contribution in [0, 0.1) is 0 Å².